The lowest BCUT2D eigenvalue weighted by Crippen LogP contribution is -2.01. The Kier molecular flexibility index (Phi) is 2.63. The molecule has 0 bridgehead atoms. The van der Waals surface area contributed by atoms with Crippen molar-refractivity contribution >= 4 is 11.5 Å². The van der Waals surface area contributed by atoms with E-state index in [-0.39, 0.29) is 17.1 Å². The molecule has 3 aromatic rings. The second kappa shape index (κ2) is 4.22. The molecular weight excluding hydrogens is 264 g/mol. The summed E-state index contributed by atoms with van der Waals surface area (Å²) in [5.41, 5.74) is 7.02. The second-order valence-corrected chi connectivity index (χ2v) is 4.55. The first kappa shape index (κ1) is 12.5. The van der Waals surface area contributed by atoms with Crippen LogP contribution in [0.15, 0.2) is 18.2 Å². The first-order chi connectivity index (χ1) is 9.47. The fourth-order valence-corrected chi connectivity index (χ4v) is 2.14. The van der Waals surface area contributed by atoms with Crippen molar-refractivity contribution in [2.75, 3.05) is 5.73 Å². The number of rotatable bonds is 1. The van der Waals surface area contributed by atoms with Crippen LogP contribution in [0.5, 0.6) is 0 Å². The molecule has 5 nitrogen and oxygen atoms in total. The molecule has 0 saturated carbocycles. The van der Waals surface area contributed by atoms with E-state index in [4.69, 9.17) is 5.73 Å². The number of hydrogen-bond acceptors (Lipinski definition) is 4. The minimum atomic E-state index is -0.800. The van der Waals surface area contributed by atoms with Gasteiger partial charge in [0, 0.05) is 17.5 Å². The van der Waals surface area contributed by atoms with Gasteiger partial charge in [-0.25, -0.2) is 13.8 Å². The molecular formula is C13H11F2N5. The van der Waals surface area contributed by atoms with Crippen molar-refractivity contribution in [3.8, 4) is 11.4 Å². The van der Waals surface area contributed by atoms with E-state index in [0.29, 0.717) is 5.78 Å². The van der Waals surface area contributed by atoms with Gasteiger partial charge in [-0.1, -0.05) is 0 Å². The molecule has 0 aliphatic carbocycles. The van der Waals surface area contributed by atoms with Gasteiger partial charge in [-0.05, 0) is 26.0 Å². The second-order valence-electron chi connectivity index (χ2n) is 4.55. The Morgan fingerprint density at radius 2 is 1.80 bits per heavy atom. The van der Waals surface area contributed by atoms with Gasteiger partial charge in [-0.15, -0.1) is 10.2 Å². The van der Waals surface area contributed by atoms with Crippen LogP contribution in [0.1, 0.15) is 11.4 Å². The van der Waals surface area contributed by atoms with E-state index in [2.05, 4.69) is 15.2 Å². The van der Waals surface area contributed by atoms with E-state index in [1.165, 1.54) is 6.07 Å². The minimum Gasteiger partial charge on any atom is -0.396 e. The van der Waals surface area contributed by atoms with Crippen molar-refractivity contribution in [2.45, 2.75) is 13.8 Å². The topological polar surface area (TPSA) is 69.1 Å². The molecule has 2 aromatic heterocycles. The molecule has 0 fully saturated rings. The quantitative estimate of drug-likeness (QED) is 0.692. The standard InChI is InChI=1S/C13H11F2N5/c1-6-3-7(2)20-12(18-19-13(20)17-6)8-4-11(16)10(15)5-9(8)14/h3-5H,16H2,1-2H3. The SMILES string of the molecule is Cc1cc(C)n2c(-c3cc(N)c(F)cc3F)nnc2n1. The van der Waals surface area contributed by atoms with E-state index in [1.54, 1.807) is 4.40 Å². The van der Waals surface area contributed by atoms with Crippen molar-refractivity contribution in [3.63, 3.8) is 0 Å². The zero-order valence-corrected chi connectivity index (χ0v) is 10.9. The highest BCUT2D eigenvalue weighted by molar-refractivity contribution is 5.64. The molecule has 2 heterocycles. The molecule has 2 N–H and O–H groups in total. The zero-order valence-electron chi connectivity index (χ0n) is 10.9. The Labute approximate surface area is 113 Å². The van der Waals surface area contributed by atoms with Crippen molar-refractivity contribution in [1.29, 1.82) is 0 Å². The number of nitrogen functional groups attached to an aromatic ring is 1. The number of nitrogens with zero attached hydrogens (tertiary/aromatic N) is 4. The Hall–Kier alpha value is -2.57. The summed E-state index contributed by atoms with van der Waals surface area (Å²) < 4.78 is 28.8. The number of aryl methyl sites for hydroxylation is 2. The summed E-state index contributed by atoms with van der Waals surface area (Å²) in [6.07, 6.45) is 0. The van der Waals surface area contributed by atoms with Crippen LogP contribution in [-0.4, -0.2) is 19.6 Å². The third kappa shape index (κ3) is 1.78. The monoisotopic (exact) mass is 275 g/mol. The first-order valence-electron chi connectivity index (χ1n) is 5.91. The van der Waals surface area contributed by atoms with Gasteiger partial charge in [-0.2, -0.15) is 0 Å². The molecule has 0 aliphatic heterocycles. The highest BCUT2D eigenvalue weighted by Gasteiger charge is 2.17. The van der Waals surface area contributed by atoms with E-state index < -0.39 is 11.6 Å². The maximum Gasteiger partial charge on any atom is 0.255 e. The van der Waals surface area contributed by atoms with Gasteiger partial charge in [0.25, 0.3) is 5.78 Å². The first-order valence-corrected chi connectivity index (χ1v) is 5.91. The largest absolute Gasteiger partial charge is 0.396 e. The molecule has 0 atom stereocenters. The fourth-order valence-electron chi connectivity index (χ4n) is 2.14. The number of anilines is 1. The lowest BCUT2D eigenvalue weighted by molar-refractivity contribution is 0.587. The maximum absolute atomic E-state index is 13.9. The molecule has 0 saturated heterocycles. The van der Waals surface area contributed by atoms with Gasteiger partial charge in [-0.3, -0.25) is 4.40 Å². The van der Waals surface area contributed by atoms with Crippen molar-refractivity contribution in [3.05, 3.63) is 41.2 Å². The smallest absolute Gasteiger partial charge is 0.255 e. The van der Waals surface area contributed by atoms with Gasteiger partial charge in [0.05, 0.1) is 11.3 Å². The third-order valence-electron chi connectivity index (χ3n) is 3.02. The van der Waals surface area contributed by atoms with Crippen LogP contribution in [-0.2, 0) is 0 Å². The number of nitrogens with two attached hydrogens (primary N) is 1. The van der Waals surface area contributed by atoms with Crippen LogP contribution in [0.3, 0.4) is 0 Å². The number of fused-ring (bicyclic) bond motifs is 1. The number of hydrogen-bond donors (Lipinski definition) is 1. The lowest BCUT2D eigenvalue weighted by Gasteiger charge is -2.06. The molecule has 7 heteroatoms. The summed E-state index contributed by atoms with van der Waals surface area (Å²) in [6, 6.07) is 3.77. The van der Waals surface area contributed by atoms with E-state index in [1.807, 2.05) is 19.9 Å². The van der Waals surface area contributed by atoms with Gasteiger partial charge < -0.3 is 5.73 Å². The number of halogens is 2. The molecule has 0 aliphatic rings. The predicted octanol–water partition coefficient (Wildman–Crippen LogP) is 2.27. The van der Waals surface area contributed by atoms with Gasteiger partial charge in [0.15, 0.2) is 5.82 Å². The normalized spacial score (nSPS) is 11.2. The summed E-state index contributed by atoms with van der Waals surface area (Å²) in [4.78, 5) is 4.21. The van der Waals surface area contributed by atoms with Crippen LogP contribution in [0.25, 0.3) is 17.2 Å². The highest BCUT2D eigenvalue weighted by atomic mass is 19.1. The Bertz CT molecular complexity index is 825. The van der Waals surface area contributed by atoms with Crippen molar-refractivity contribution < 1.29 is 8.78 Å². The molecule has 0 amide bonds. The zero-order chi connectivity index (χ0) is 14.4. The molecule has 0 unspecified atom stereocenters. The summed E-state index contributed by atoms with van der Waals surface area (Å²) in [5, 5.41) is 7.84. The molecule has 3 rings (SSSR count). The maximum atomic E-state index is 13.9. The highest BCUT2D eigenvalue weighted by Crippen LogP contribution is 2.26. The molecule has 20 heavy (non-hydrogen) atoms. The molecule has 1 aromatic carbocycles. The van der Waals surface area contributed by atoms with Gasteiger partial charge >= 0.3 is 0 Å². The van der Waals surface area contributed by atoms with Gasteiger partial charge in [0.1, 0.15) is 11.6 Å². The van der Waals surface area contributed by atoms with Crippen LogP contribution in [0, 0.1) is 25.5 Å². The van der Waals surface area contributed by atoms with E-state index >= 15 is 0 Å². The van der Waals surface area contributed by atoms with Crippen LogP contribution >= 0.6 is 0 Å². The van der Waals surface area contributed by atoms with E-state index in [9.17, 15) is 8.78 Å². The van der Waals surface area contributed by atoms with Gasteiger partial charge in [0.2, 0.25) is 0 Å². The summed E-state index contributed by atoms with van der Waals surface area (Å²) in [6.45, 7) is 3.66. The Morgan fingerprint density at radius 3 is 2.55 bits per heavy atom. The minimum absolute atomic E-state index is 0.0881. The number of aromatic nitrogens is 4. The van der Waals surface area contributed by atoms with Crippen molar-refractivity contribution in [1.82, 2.24) is 19.6 Å². The Balaban J connectivity index is 2.33. The number of benzene rings is 1. The molecule has 0 spiro atoms. The van der Waals surface area contributed by atoms with Crippen LogP contribution < -0.4 is 5.73 Å². The fraction of sp³-hybridized carbons (Fsp3) is 0.154. The molecule has 102 valence electrons. The lowest BCUT2D eigenvalue weighted by atomic mass is 10.1. The van der Waals surface area contributed by atoms with E-state index in [0.717, 1.165) is 17.5 Å². The average Bonchev–Trinajstić information content (AvgIpc) is 2.77. The summed E-state index contributed by atoms with van der Waals surface area (Å²) in [7, 11) is 0. The van der Waals surface area contributed by atoms with Crippen molar-refractivity contribution in [2.24, 2.45) is 0 Å². The average molecular weight is 275 g/mol. The van der Waals surface area contributed by atoms with Crippen LogP contribution in [0.2, 0.25) is 0 Å². The summed E-state index contributed by atoms with van der Waals surface area (Å²) in [5.74, 6) is -0.939. The predicted molar refractivity (Wildman–Crippen MR) is 70.0 cm³/mol. The van der Waals surface area contributed by atoms with Crippen LogP contribution in [0.4, 0.5) is 14.5 Å². The Morgan fingerprint density at radius 1 is 1.05 bits per heavy atom. The summed E-state index contributed by atoms with van der Waals surface area (Å²) >= 11 is 0. The molecule has 0 radical (unpaired) electrons. The third-order valence-corrected chi connectivity index (χ3v) is 3.02.